The topological polar surface area (TPSA) is 57.5 Å². The van der Waals surface area contributed by atoms with E-state index in [0.29, 0.717) is 16.3 Å². The van der Waals surface area contributed by atoms with Gasteiger partial charge in [0.1, 0.15) is 0 Å². The number of hydrogen-bond donors (Lipinski definition) is 2. The van der Waals surface area contributed by atoms with Crippen molar-refractivity contribution in [1.29, 1.82) is 0 Å². The lowest BCUT2D eigenvalue weighted by molar-refractivity contribution is 0.283. The van der Waals surface area contributed by atoms with Crippen LogP contribution in [0, 0.1) is 0 Å². The molecule has 2 aromatic carbocycles. The lowest BCUT2D eigenvalue weighted by Crippen LogP contribution is -2.05. The van der Waals surface area contributed by atoms with E-state index in [1.54, 1.807) is 18.2 Å². The summed E-state index contributed by atoms with van der Waals surface area (Å²) < 4.78 is 1.66. The highest BCUT2D eigenvalue weighted by atomic mass is 32.1. The van der Waals surface area contributed by atoms with Gasteiger partial charge >= 0.3 is 0 Å². The van der Waals surface area contributed by atoms with E-state index in [4.69, 9.17) is 0 Å². The molecule has 0 amide bonds. The Morgan fingerprint density at radius 1 is 0.947 bits per heavy atom. The predicted molar refractivity (Wildman–Crippen MR) is 77.4 cm³/mol. The molecule has 1 aromatic heterocycles. The first-order chi connectivity index (χ1) is 9.26. The molecule has 0 saturated heterocycles. The normalized spacial score (nSPS) is 11.3. The third kappa shape index (κ3) is 1.85. The Hall–Kier alpha value is -1.75. The minimum Gasteiger partial charge on any atom is -0.392 e. The van der Waals surface area contributed by atoms with Gasteiger partial charge in [0.15, 0.2) is 5.43 Å². The fourth-order valence-corrected chi connectivity index (χ4v) is 3.53. The van der Waals surface area contributed by atoms with Gasteiger partial charge in [0, 0.05) is 20.2 Å². The lowest BCUT2D eigenvalue weighted by Gasteiger charge is -2.07. The summed E-state index contributed by atoms with van der Waals surface area (Å²) in [6, 6.07) is 10.8. The van der Waals surface area contributed by atoms with E-state index < -0.39 is 0 Å². The average Bonchev–Trinajstić information content (AvgIpc) is 2.46. The molecule has 2 N–H and O–H groups in total. The summed E-state index contributed by atoms with van der Waals surface area (Å²) in [5.74, 6) is 0. The van der Waals surface area contributed by atoms with Crippen molar-refractivity contribution in [3.05, 3.63) is 57.7 Å². The standard InChI is InChI=1S/C15H12O3S/c16-7-9-3-2-6-12-13(9)14(18)11-5-1-4-10(8-17)15(11)19-12/h1-6,16-17H,7-8H2. The van der Waals surface area contributed by atoms with Gasteiger partial charge in [0.25, 0.3) is 0 Å². The Morgan fingerprint density at radius 2 is 1.63 bits per heavy atom. The van der Waals surface area contributed by atoms with Gasteiger partial charge in [-0.1, -0.05) is 24.3 Å². The lowest BCUT2D eigenvalue weighted by atomic mass is 10.1. The number of hydrogen-bond acceptors (Lipinski definition) is 4. The van der Waals surface area contributed by atoms with Crippen LogP contribution in [0.25, 0.3) is 20.2 Å². The maximum atomic E-state index is 12.5. The van der Waals surface area contributed by atoms with Gasteiger partial charge in [0.05, 0.1) is 13.2 Å². The number of rotatable bonds is 2. The van der Waals surface area contributed by atoms with Crippen molar-refractivity contribution in [2.45, 2.75) is 13.2 Å². The molecule has 0 aliphatic heterocycles. The van der Waals surface area contributed by atoms with E-state index in [1.807, 2.05) is 18.2 Å². The number of fused-ring (bicyclic) bond motifs is 2. The first kappa shape index (κ1) is 12.3. The smallest absolute Gasteiger partial charge is 0.196 e. The molecule has 0 aliphatic rings. The van der Waals surface area contributed by atoms with Crippen LogP contribution in [0.1, 0.15) is 11.1 Å². The molecule has 0 atom stereocenters. The first-order valence-corrected chi connectivity index (χ1v) is 6.76. The van der Waals surface area contributed by atoms with Crippen molar-refractivity contribution in [2.24, 2.45) is 0 Å². The van der Waals surface area contributed by atoms with E-state index in [2.05, 4.69) is 0 Å². The maximum absolute atomic E-state index is 12.5. The van der Waals surface area contributed by atoms with Crippen LogP contribution in [0.2, 0.25) is 0 Å². The summed E-state index contributed by atoms with van der Waals surface area (Å²) >= 11 is 1.48. The Kier molecular flexibility index (Phi) is 3.06. The molecular formula is C15H12O3S. The van der Waals surface area contributed by atoms with Gasteiger partial charge in [-0.2, -0.15) is 0 Å². The molecule has 0 unspecified atom stereocenters. The number of aliphatic hydroxyl groups is 2. The maximum Gasteiger partial charge on any atom is 0.196 e. The van der Waals surface area contributed by atoms with Crippen LogP contribution in [-0.4, -0.2) is 10.2 Å². The van der Waals surface area contributed by atoms with E-state index >= 15 is 0 Å². The minimum atomic E-state index is -0.148. The summed E-state index contributed by atoms with van der Waals surface area (Å²) in [5.41, 5.74) is 1.33. The Bertz CT molecular complexity index is 821. The summed E-state index contributed by atoms with van der Waals surface area (Å²) in [6.45, 7) is -0.233. The quantitative estimate of drug-likeness (QED) is 0.704. The predicted octanol–water partition coefficient (Wildman–Crippen LogP) is 2.40. The fourth-order valence-electron chi connectivity index (χ4n) is 2.30. The highest BCUT2D eigenvalue weighted by molar-refractivity contribution is 7.24. The molecule has 3 aromatic rings. The van der Waals surface area contributed by atoms with E-state index in [1.165, 1.54) is 11.3 Å². The number of benzene rings is 2. The third-order valence-electron chi connectivity index (χ3n) is 3.23. The average molecular weight is 272 g/mol. The van der Waals surface area contributed by atoms with Gasteiger partial charge in [-0.25, -0.2) is 0 Å². The van der Waals surface area contributed by atoms with Crippen LogP contribution < -0.4 is 5.43 Å². The molecule has 0 fully saturated rings. The second-order valence-corrected chi connectivity index (χ2v) is 5.38. The van der Waals surface area contributed by atoms with Crippen LogP contribution in [0.4, 0.5) is 0 Å². The molecule has 4 heteroatoms. The van der Waals surface area contributed by atoms with E-state index in [-0.39, 0.29) is 18.6 Å². The van der Waals surface area contributed by atoms with Gasteiger partial charge in [-0.05, 0) is 23.3 Å². The molecule has 0 spiro atoms. The molecule has 0 aliphatic carbocycles. The van der Waals surface area contributed by atoms with Gasteiger partial charge in [0.2, 0.25) is 0 Å². The van der Waals surface area contributed by atoms with Crippen LogP contribution in [0.3, 0.4) is 0 Å². The van der Waals surface area contributed by atoms with Crippen molar-refractivity contribution in [3.8, 4) is 0 Å². The van der Waals surface area contributed by atoms with Gasteiger partial charge in [-0.3, -0.25) is 4.79 Å². The SMILES string of the molecule is O=c1c2cccc(CO)c2sc2cccc(CO)c12. The molecule has 1 heterocycles. The first-order valence-electron chi connectivity index (χ1n) is 5.94. The second kappa shape index (κ2) is 4.74. The van der Waals surface area contributed by atoms with Crippen molar-refractivity contribution >= 4 is 31.5 Å². The summed E-state index contributed by atoms with van der Waals surface area (Å²) in [4.78, 5) is 12.5. The fraction of sp³-hybridized carbons (Fsp3) is 0.133. The molecule has 0 bridgehead atoms. The molecular weight excluding hydrogens is 260 g/mol. The highest BCUT2D eigenvalue weighted by Crippen LogP contribution is 2.29. The highest BCUT2D eigenvalue weighted by Gasteiger charge is 2.11. The zero-order valence-electron chi connectivity index (χ0n) is 10.1. The molecule has 3 rings (SSSR count). The van der Waals surface area contributed by atoms with Gasteiger partial charge in [-0.15, -0.1) is 11.3 Å². The van der Waals surface area contributed by atoms with Crippen LogP contribution in [-0.2, 0) is 13.2 Å². The van der Waals surface area contributed by atoms with Crippen LogP contribution in [0.5, 0.6) is 0 Å². The molecule has 0 saturated carbocycles. The monoisotopic (exact) mass is 272 g/mol. The summed E-state index contributed by atoms with van der Waals surface area (Å²) in [7, 11) is 0. The van der Waals surface area contributed by atoms with Crippen molar-refractivity contribution in [2.75, 3.05) is 0 Å². The summed E-state index contributed by atoms with van der Waals surface area (Å²) in [6.07, 6.45) is 0. The van der Waals surface area contributed by atoms with Crippen molar-refractivity contribution < 1.29 is 10.2 Å². The third-order valence-corrected chi connectivity index (χ3v) is 4.48. The van der Waals surface area contributed by atoms with Crippen LogP contribution >= 0.6 is 11.3 Å². The molecule has 0 radical (unpaired) electrons. The second-order valence-electron chi connectivity index (χ2n) is 4.33. The zero-order chi connectivity index (χ0) is 13.4. The van der Waals surface area contributed by atoms with Crippen LogP contribution in [0.15, 0.2) is 41.2 Å². The Labute approximate surface area is 113 Å². The van der Waals surface area contributed by atoms with Crippen molar-refractivity contribution in [1.82, 2.24) is 0 Å². The van der Waals surface area contributed by atoms with E-state index in [9.17, 15) is 15.0 Å². The Balaban J connectivity index is 2.56. The zero-order valence-corrected chi connectivity index (χ0v) is 10.9. The number of aliphatic hydroxyl groups excluding tert-OH is 2. The van der Waals surface area contributed by atoms with Gasteiger partial charge < -0.3 is 10.2 Å². The minimum absolute atomic E-state index is 0.0799. The Morgan fingerprint density at radius 3 is 2.37 bits per heavy atom. The largest absolute Gasteiger partial charge is 0.392 e. The van der Waals surface area contributed by atoms with Crippen molar-refractivity contribution in [3.63, 3.8) is 0 Å². The molecule has 3 nitrogen and oxygen atoms in total. The summed E-state index contributed by atoms with van der Waals surface area (Å²) in [5, 5.41) is 19.9. The molecule has 19 heavy (non-hydrogen) atoms. The molecule has 96 valence electrons. The van der Waals surface area contributed by atoms with E-state index in [0.717, 1.165) is 15.0 Å².